The van der Waals surface area contributed by atoms with Gasteiger partial charge in [0.1, 0.15) is 0 Å². The predicted molar refractivity (Wildman–Crippen MR) is 68.8 cm³/mol. The fraction of sp³-hybridized carbons (Fsp3) is 0.600. The predicted octanol–water partition coefficient (Wildman–Crippen LogP) is 4.89. The standard InChI is InChI=1S/C15H24/c1-6-12(2)9-10-14-13(3)8-7-11-15(14,4)5/h6,8-10,14H,7,11H2,1-5H3/b10-9+,12-6+/t14-/m0/s1. The highest BCUT2D eigenvalue weighted by Crippen LogP contribution is 2.41. The summed E-state index contributed by atoms with van der Waals surface area (Å²) in [6.45, 7) is 11.3. The zero-order chi connectivity index (χ0) is 11.5. The summed E-state index contributed by atoms with van der Waals surface area (Å²) in [4.78, 5) is 0. The maximum absolute atomic E-state index is 2.39. The van der Waals surface area contributed by atoms with E-state index in [2.05, 4.69) is 58.9 Å². The molecule has 0 nitrogen and oxygen atoms in total. The number of rotatable bonds is 2. The molecule has 1 aliphatic carbocycles. The van der Waals surface area contributed by atoms with Gasteiger partial charge < -0.3 is 0 Å². The van der Waals surface area contributed by atoms with Crippen LogP contribution in [0.15, 0.2) is 35.5 Å². The molecule has 0 saturated carbocycles. The molecule has 0 aliphatic heterocycles. The van der Waals surface area contributed by atoms with Crippen LogP contribution in [0.25, 0.3) is 0 Å². The smallest absolute Gasteiger partial charge is 0.00285 e. The lowest BCUT2D eigenvalue weighted by Gasteiger charge is -2.36. The molecule has 0 amide bonds. The van der Waals surface area contributed by atoms with Gasteiger partial charge in [-0.25, -0.2) is 0 Å². The van der Waals surface area contributed by atoms with E-state index < -0.39 is 0 Å². The van der Waals surface area contributed by atoms with E-state index >= 15 is 0 Å². The molecule has 1 atom stereocenters. The molecule has 0 N–H and O–H groups in total. The summed E-state index contributed by atoms with van der Waals surface area (Å²) in [6, 6.07) is 0. The second-order valence-corrected chi connectivity index (χ2v) is 5.34. The lowest BCUT2D eigenvalue weighted by Crippen LogP contribution is -2.26. The topological polar surface area (TPSA) is 0 Å². The van der Waals surface area contributed by atoms with Crippen LogP contribution >= 0.6 is 0 Å². The number of hydrogen-bond donors (Lipinski definition) is 0. The minimum Gasteiger partial charge on any atom is -0.0850 e. The van der Waals surface area contributed by atoms with Crippen molar-refractivity contribution in [2.75, 3.05) is 0 Å². The van der Waals surface area contributed by atoms with Crippen molar-refractivity contribution in [1.29, 1.82) is 0 Å². The second kappa shape index (κ2) is 4.83. The van der Waals surface area contributed by atoms with Crippen LogP contribution in [0.1, 0.15) is 47.5 Å². The first-order valence-corrected chi connectivity index (χ1v) is 5.95. The highest BCUT2D eigenvalue weighted by molar-refractivity contribution is 5.24. The monoisotopic (exact) mass is 204 g/mol. The van der Waals surface area contributed by atoms with E-state index in [1.54, 1.807) is 0 Å². The van der Waals surface area contributed by atoms with Crippen molar-refractivity contribution in [2.24, 2.45) is 11.3 Å². The van der Waals surface area contributed by atoms with Crippen molar-refractivity contribution in [1.82, 2.24) is 0 Å². The second-order valence-electron chi connectivity index (χ2n) is 5.34. The molecular formula is C15H24. The zero-order valence-electron chi connectivity index (χ0n) is 10.8. The van der Waals surface area contributed by atoms with Crippen molar-refractivity contribution < 1.29 is 0 Å². The Bertz CT molecular complexity index is 300. The van der Waals surface area contributed by atoms with Crippen LogP contribution in [0.5, 0.6) is 0 Å². The van der Waals surface area contributed by atoms with Crippen LogP contribution in [-0.4, -0.2) is 0 Å². The van der Waals surface area contributed by atoms with Crippen LogP contribution in [0.3, 0.4) is 0 Å². The normalized spacial score (nSPS) is 26.9. The van der Waals surface area contributed by atoms with Gasteiger partial charge in [-0.15, -0.1) is 0 Å². The summed E-state index contributed by atoms with van der Waals surface area (Å²) < 4.78 is 0. The maximum atomic E-state index is 2.39. The minimum absolute atomic E-state index is 0.420. The lowest BCUT2D eigenvalue weighted by atomic mass is 9.68. The zero-order valence-corrected chi connectivity index (χ0v) is 10.8. The fourth-order valence-corrected chi connectivity index (χ4v) is 2.33. The quantitative estimate of drug-likeness (QED) is 0.443. The molecule has 1 rings (SSSR count). The van der Waals surface area contributed by atoms with Gasteiger partial charge in [-0.1, -0.05) is 49.3 Å². The largest absolute Gasteiger partial charge is 0.0850 e. The number of allylic oxidation sites excluding steroid dienone is 6. The van der Waals surface area contributed by atoms with Gasteiger partial charge in [0.05, 0.1) is 0 Å². The third-order valence-electron chi connectivity index (χ3n) is 3.59. The lowest BCUT2D eigenvalue weighted by molar-refractivity contribution is 0.255. The SMILES string of the molecule is C/C=C(C)/C=C/[C@H]1C(C)=CCCC1(C)C. The molecule has 0 radical (unpaired) electrons. The van der Waals surface area contributed by atoms with E-state index in [4.69, 9.17) is 0 Å². The average molecular weight is 204 g/mol. The van der Waals surface area contributed by atoms with E-state index in [0.29, 0.717) is 11.3 Å². The van der Waals surface area contributed by atoms with Gasteiger partial charge in [-0.2, -0.15) is 0 Å². The molecule has 0 fully saturated rings. The van der Waals surface area contributed by atoms with Crippen LogP contribution in [0.2, 0.25) is 0 Å². The Hall–Kier alpha value is -0.780. The number of hydrogen-bond acceptors (Lipinski definition) is 0. The summed E-state index contributed by atoms with van der Waals surface area (Å²) in [5.41, 5.74) is 3.30. The first kappa shape index (κ1) is 12.3. The Labute approximate surface area is 94.8 Å². The van der Waals surface area contributed by atoms with Gasteiger partial charge in [0.2, 0.25) is 0 Å². The van der Waals surface area contributed by atoms with Crippen molar-refractivity contribution in [3.8, 4) is 0 Å². The molecule has 0 aromatic carbocycles. The van der Waals surface area contributed by atoms with Crippen LogP contribution < -0.4 is 0 Å². The summed E-state index contributed by atoms with van der Waals surface area (Å²) in [5, 5.41) is 0. The fourth-order valence-electron chi connectivity index (χ4n) is 2.33. The summed E-state index contributed by atoms with van der Waals surface area (Å²) in [7, 11) is 0. The third kappa shape index (κ3) is 3.09. The van der Waals surface area contributed by atoms with Gasteiger partial charge >= 0.3 is 0 Å². The van der Waals surface area contributed by atoms with Gasteiger partial charge in [-0.05, 0) is 39.0 Å². The van der Waals surface area contributed by atoms with Gasteiger partial charge in [0.15, 0.2) is 0 Å². The maximum Gasteiger partial charge on any atom is 0.00285 e. The Morgan fingerprint density at radius 3 is 2.67 bits per heavy atom. The van der Waals surface area contributed by atoms with Crippen molar-refractivity contribution in [2.45, 2.75) is 47.5 Å². The van der Waals surface area contributed by atoms with E-state index in [9.17, 15) is 0 Å². The highest BCUT2D eigenvalue weighted by Gasteiger charge is 2.30. The molecule has 0 spiro atoms. The summed E-state index contributed by atoms with van der Waals surface area (Å²) in [5.74, 6) is 0.612. The first-order valence-electron chi connectivity index (χ1n) is 5.95. The van der Waals surface area contributed by atoms with Crippen molar-refractivity contribution in [3.63, 3.8) is 0 Å². The molecule has 0 aromatic rings. The molecule has 15 heavy (non-hydrogen) atoms. The van der Waals surface area contributed by atoms with Crippen LogP contribution in [-0.2, 0) is 0 Å². The van der Waals surface area contributed by atoms with Gasteiger partial charge in [0, 0.05) is 5.92 Å². The molecule has 0 saturated heterocycles. The molecule has 0 bridgehead atoms. The minimum atomic E-state index is 0.420. The van der Waals surface area contributed by atoms with Crippen molar-refractivity contribution >= 4 is 0 Å². The van der Waals surface area contributed by atoms with E-state index in [1.807, 2.05) is 0 Å². The molecule has 0 heteroatoms. The molecule has 84 valence electrons. The molecule has 0 aromatic heterocycles. The van der Waals surface area contributed by atoms with Gasteiger partial charge in [0.25, 0.3) is 0 Å². The van der Waals surface area contributed by atoms with Gasteiger partial charge in [-0.3, -0.25) is 0 Å². The molecule has 0 heterocycles. The van der Waals surface area contributed by atoms with E-state index in [-0.39, 0.29) is 0 Å². The molecule has 1 aliphatic rings. The Morgan fingerprint density at radius 2 is 2.13 bits per heavy atom. The highest BCUT2D eigenvalue weighted by atomic mass is 14.3. The molecule has 0 unspecified atom stereocenters. The van der Waals surface area contributed by atoms with E-state index in [0.717, 1.165) is 0 Å². The van der Waals surface area contributed by atoms with Crippen LogP contribution in [0.4, 0.5) is 0 Å². The molecular weight excluding hydrogens is 180 g/mol. The Balaban J connectivity index is 2.86. The Morgan fingerprint density at radius 1 is 1.47 bits per heavy atom. The average Bonchev–Trinajstić information content (AvgIpc) is 2.15. The van der Waals surface area contributed by atoms with Crippen molar-refractivity contribution in [3.05, 3.63) is 35.5 Å². The van der Waals surface area contributed by atoms with Crippen LogP contribution in [0, 0.1) is 11.3 Å². The summed E-state index contributed by atoms with van der Waals surface area (Å²) >= 11 is 0. The Kier molecular flexibility index (Phi) is 3.96. The third-order valence-corrected chi connectivity index (χ3v) is 3.59. The summed E-state index contributed by atoms with van der Waals surface area (Å²) in [6.07, 6.45) is 11.7. The van der Waals surface area contributed by atoms with E-state index in [1.165, 1.54) is 24.0 Å². The first-order chi connectivity index (χ1) is 6.97.